The lowest BCUT2D eigenvalue weighted by Crippen LogP contribution is -2.49. The van der Waals surface area contributed by atoms with E-state index in [1.54, 1.807) is 6.92 Å². The van der Waals surface area contributed by atoms with Crippen LogP contribution in [0.1, 0.15) is 12.5 Å². The molecule has 1 saturated heterocycles. The van der Waals surface area contributed by atoms with E-state index in [1.807, 2.05) is 30.3 Å². The summed E-state index contributed by atoms with van der Waals surface area (Å²) in [4.78, 5) is 12.0. The molecule has 1 heterocycles. The van der Waals surface area contributed by atoms with Crippen molar-refractivity contribution in [3.8, 4) is 0 Å². The van der Waals surface area contributed by atoms with Gasteiger partial charge in [-0.2, -0.15) is 0 Å². The fraction of sp³-hybridized carbons (Fsp3) is 0.417. The van der Waals surface area contributed by atoms with Gasteiger partial charge in [0.15, 0.2) is 0 Å². The van der Waals surface area contributed by atoms with Gasteiger partial charge in [0.2, 0.25) is 0 Å². The van der Waals surface area contributed by atoms with E-state index in [1.165, 1.54) is 7.11 Å². The van der Waals surface area contributed by atoms with Gasteiger partial charge in [0.1, 0.15) is 5.31 Å². The van der Waals surface area contributed by atoms with Gasteiger partial charge in [0.25, 0.3) is 0 Å². The molecule has 0 spiro atoms. The van der Waals surface area contributed by atoms with Gasteiger partial charge in [0, 0.05) is 0 Å². The maximum atomic E-state index is 12.0. The largest absolute Gasteiger partial charge is 0.479 e. The van der Waals surface area contributed by atoms with Crippen LogP contribution in [0.5, 0.6) is 0 Å². The Morgan fingerprint density at radius 2 is 1.88 bits per heavy atom. The lowest BCUT2D eigenvalue weighted by molar-refractivity contribution is -0.144. The van der Waals surface area contributed by atoms with E-state index < -0.39 is 12.4 Å². The first-order chi connectivity index (χ1) is 8.19. The molecule has 1 fully saturated rings. The smallest absolute Gasteiger partial charge is 0.469 e. The third kappa shape index (κ3) is 2.08. The zero-order chi connectivity index (χ0) is 12.3. The molecule has 0 bridgehead atoms. The minimum absolute atomic E-state index is 0.351. The van der Waals surface area contributed by atoms with E-state index in [2.05, 4.69) is 0 Å². The lowest BCUT2D eigenvalue weighted by atomic mass is 9.55. The highest BCUT2D eigenvalue weighted by Gasteiger charge is 2.52. The highest BCUT2D eigenvalue weighted by molar-refractivity contribution is 6.54. The minimum Gasteiger partial charge on any atom is -0.469 e. The summed E-state index contributed by atoms with van der Waals surface area (Å²) >= 11 is 0. The quantitative estimate of drug-likeness (QED) is 0.582. The Morgan fingerprint density at radius 1 is 1.29 bits per heavy atom. The van der Waals surface area contributed by atoms with Crippen LogP contribution >= 0.6 is 0 Å². The standard InChI is InChI=1S/C12H15BO4/c1-12(11(14)15-2,13-16-8-9-17-13)10-6-4-3-5-7-10/h3-7H,8-9H2,1-2H3. The first kappa shape index (κ1) is 12.1. The molecule has 17 heavy (non-hydrogen) atoms. The summed E-state index contributed by atoms with van der Waals surface area (Å²) in [6.07, 6.45) is 0. The molecule has 0 radical (unpaired) electrons. The summed E-state index contributed by atoms with van der Waals surface area (Å²) in [7, 11) is 0.788. The number of hydrogen-bond acceptors (Lipinski definition) is 4. The van der Waals surface area contributed by atoms with Crippen LogP contribution in [0.2, 0.25) is 0 Å². The van der Waals surface area contributed by atoms with Crippen LogP contribution < -0.4 is 0 Å². The molecule has 0 aliphatic carbocycles. The average Bonchev–Trinajstić information content (AvgIpc) is 2.92. The van der Waals surface area contributed by atoms with Gasteiger partial charge in [0.05, 0.1) is 20.3 Å². The Balaban J connectivity index is 2.39. The van der Waals surface area contributed by atoms with Gasteiger partial charge < -0.3 is 14.0 Å². The van der Waals surface area contributed by atoms with Gasteiger partial charge in [-0.05, 0) is 12.5 Å². The van der Waals surface area contributed by atoms with Crippen molar-refractivity contribution in [1.29, 1.82) is 0 Å². The number of carbonyl (C=O) groups excluding carboxylic acids is 1. The molecule has 1 aromatic carbocycles. The van der Waals surface area contributed by atoms with Crippen molar-refractivity contribution in [1.82, 2.24) is 0 Å². The van der Waals surface area contributed by atoms with E-state index in [-0.39, 0.29) is 5.97 Å². The molecule has 1 aliphatic rings. The third-order valence-corrected chi connectivity index (χ3v) is 3.08. The number of benzene rings is 1. The van der Waals surface area contributed by atoms with Gasteiger partial charge in [-0.15, -0.1) is 0 Å². The highest BCUT2D eigenvalue weighted by atomic mass is 16.6. The predicted molar refractivity (Wildman–Crippen MR) is 63.5 cm³/mol. The van der Waals surface area contributed by atoms with Gasteiger partial charge >= 0.3 is 13.1 Å². The topological polar surface area (TPSA) is 44.8 Å². The second kappa shape index (κ2) is 4.90. The van der Waals surface area contributed by atoms with Crippen molar-refractivity contribution in [2.45, 2.75) is 12.2 Å². The first-order valence-electron chi connectivity index (χ1n) is 5.56. The van der Waals surface area contributed by atoms with Crippen molar-refractivity contribution in [2.24, 2.45) is 0 Å². The molecule has 90 valence electrons. The zero-order valence-electron chi connectivity index (χ0n) is 10.0. The first-order valence-corrected chi connectivity index (χ1v) is 5.56. The van der Waals surface area contributed by atoms with Gasteiger partial charge in [-0.25, -0.2) is 0 Å². The number of hydrogen-bond donors (Lipinski definition) is 0. The van der Waals surface area contributed by atoms with Crippen molar-refractivity contribution in [2.75, 3.05) is 20.3 Å². The van der Waals surface area contributed by atoms with Crippen LogP contribution in [0, 0.1) is 0 Å². The molecule has 0 aromatic heterocycles. The van der Waals surface area contributed by atoms with Crippen LogP contribution in [0.15, 0.2) is 30.3 Å². The summed E-state index contributed by atoms with van der Waals surface area (Å²) < 4.78 is 15.8. The maximum absolute atomic E-state index is 12.0. The van der Waals surface area contributed by atoms with E-state index >= 15 is 0 Å². The lowest BCUT2D eigenvalue weighted by Gasteiger charge is -2.28. The molecular weight excluding hydrogens is 219 g/mol. The second-order valence-electron chi connectivity index (χ2n) is 4.13. The molecule has 1 aliphatic heterocycles. The van der Waals surface area contributed by atoms with Gasteiger partial charge in [-0.1, -0.05) is 30.3 Å². The van der Waals surface area contributed by atoms with Gasteiger partial charge in [-0.3, -0.25) is 4.79 Å². The molecule has 0 amide bonds. The molecule has 1 unspecified atom stereocenters. The third-order valence-electron chi connectivity index (χ3n) is 3.08. The van der Waals surface area contributed by atoms with Crippen molar-refractivity contribution >= 4 is 13.1 Å². The van der Waals surface area contributed by atoms with Crippen molar-refractivity contribution in [3.05, 3.63) is 35.9 Å². The zero-order valence-corrected chi connectivity index (χ0v) is 10.0. The summed E-state index contributed by atoms with van der Waals surface area (Å²) in [6.45, 7) is 2.79. The van der Waals surface area contributed by atoms with Crippen LogP contribution in [0.25, 0.3) is 0 Å². The molecule has 1 atom stereocenters. The number of esters is 1. The molecule has 0 saturated carbocycles. The Labute approximate surface area is 101 Å². The van der Waals surface area contributed by atoms with E-state index in [4.69, 9.17) is 14.0 Å². The Kier molecular flexibility index (Phi) is 3.50. The molecule has 5 heteroatoms. The minimum atomic E-state index is -0.924. The van der Waals surface area contributed by atoms with Crippen molar-refractivity contribution < 1.29 is 18.8 Å². The predicted octanol–water partition coefficient (Wildman–Crippen LogP) is 1.19. The van der Waals surface area contributed by atoms with Crippen LogP contribution in [0.4, 0.5) is 0 Å². The Hall–Kier alpha value is -1.33. The van der Waals surface area contributed by atoms with Crippen LogP contribution in [-0.4, -0.2) is 33.4 Å². The molecule has 1 aromatic rings. The number of ether oxygens (including phenoxy) is 1. The Bertz CT molecular complexity index is 389. The SMILES string of the molecule is COC(=O)C(C)(B1OCCO1)c1ccccc1. The number of carbonyl (C=O) groups is 1. The molecule has 2 rings (SSSR count). The summed E-state index contributed by atoms with van der Waals surface area (Å²) in [6, 6.07) is 9.42. The number of rotatable bonds is 3. The average molecular weight is 234 g/mol. The monoisotopic (exact) mass is 234 g/mol. The molecular formula is C12H15BO4. The fourth-order valence-electron chi connectivity index (χ4n) is 2.04. The van der Waals surface area contributed by atoms with E-state index in [0.717, 1.165) is 5.56 Å². The van der Waals surface area contributed by atoms with Crippen LogP contribution in [0.3, 0.4) is 0 Å². The molecule has 4 nitrogen and oxygen atoms in total. The fourth-order valence-corrected chi connectivity index (χ4v) is 2.04. The summed E-state index contributed by atoms with van der Waals surface area (Å²) in [5.41, 5.74) is 0.832. The summed E-state index contributed by atoms with van der Waals surface area (Å²) in [5.74, 6) is -0.351. The number of methoxy groups -OCH3 is 1. The summed E-state index contributed by atoms with van der Waals surface area (Å²) in [5, 5.41) is -0.924. The Morgan fingerprint density at radius 3 is 2.41 bits per heavy atom. The van der Waals surface area contributed by atoms with Crippen molar-refractivity contribution in [3.63, 3.8) is 0 Å². The molecule has 0 N–H and O–H groups in total. The van der Waals surface area contributed by atoms with E-state index in [0.29, 0.717) is 13.2 Å². The highest BCUT2D eigenvalue weighted by Crippen LogP contribution is 2.31. The van der Waals surface area contributed by atoms with E-state index in [9.17, 15) is 4.79 Å². The maximum Gasteiger partial charge on any atom is 0.479 e. The normalized spacial score (nSPS) is 18.8. The van der Waals surface area contributed by atoms with Crippen LogP contribution in [-0.2, 0) is 24.2 Å². The second-order valence-corrected chi connectivity index (χ2v) is 4.13.